The standard InChI is InChI=1S/C27H21N3O7S/c31-20(17-8-11-21-22(12-17)37-15-36-21)14-35-26(34)16-6-9-19(10-7-16)28-24(32)13-23-25(33)30-27(38-23)29-18-4-2-1-3-5-18/h1-12,23H,13-15H2,(H,28,32)(H,29,30,33)/t23-/m0/s1. The van der Waals surface area contributed by atoms with Gasteiger partial charge in [-0.3, -0.25) is 14.4 Å². The van der Waals surface area contributed by atoms with Crippen LogP contribution >= 0.6 is 11.8 Å². The van der Waals surface area contributed by atoms with E-state index >= 15 is 0 Å². The van der Waals surface area contributed by atoms with Crippen LogP contribution in [0.2, 0.25) is 0 Å². The molecule has 3 aromatic carbocycles. The first-order valence-electron chi connectivity index (χ1n) is 11.6. The van der Waals surface area contributed by atoms with Gasteiger partial charge in [-0.15, -0.1) is 0 Å². The van der Waals surface area contributed by atoms with Crippen LogP contribution in [0.25, 0.3) is 0 Å². The Hall–Kier alpha value is -4.64. The number of fused-ring (bicyclic) bond motifs is 1. The Labute approximate surface area is 221 Å². The second kappa shape index (κ2) is 11.2. The zero-order valence-corrected chi connectivity index (χ0v) is 20.7. The molecule has 5 rings (SSSR count). The maximum Gasteiger partial charge on any atom is 0.338 e. The second-order valence-electron chi connectivity index (χ2n) is 8.25. The number of Topliss-reactive ketones (excluding diaryl/α,β-unsaturated/α-hetero) is 1. The van der Waals surface area contributed by atoms with Crippen molar-refractivity contribution in [3.8, 4) is 11.5 Å². The Morgan fingerprint density at radius 1 is 0.974 bits per heavy atom. The number of carbonyl (C=O) groups excluding carboxylic acids is 4. The number of anilines is 1. The molecule has 1 fully saturated rings. The fourth-order valence-electron chi connectivity index (χ4n) is 3.65. The summed E-state index contributed by atoms with van der Waals surface area (Å²) in [5.74, 6) is -0.686. The summed E-state index contributed by atoms with van der Waals surface area (Å²) in [6.07, 6.45) is -0.0456. The van der Waals surface area contributed by atoms with Gasteiger partial charge in [0.1, 0.15) is 5.25 Å². The van der Waals surface area contributed by atoms with Gasteiger partial charge in [-0.1, -0.05) is 30.0 Å². The van der Waals surface area contributed by atoms with Gasteiger partial charge >= 0.3 is 5.97 Å². The van der Waals surface area contributed by atoms with E-state index in [1.165, 1.54) is 36.0 Å². The Morgan fingerprint density at radius 2 is 1.71 bits per heavy atom. The third-order valence-electron chi connectivity index (χ3n) is 5.57. The quantitative estimate of drug-likeness (QED) is 0.332. The summed E-state index contributed by atoms with van der Waals surface area (Å²) < 4.78 is 15.6. The van der Waals surface area contributed by atoms with Crippen LogP contribution in [0.5, 0.6) is 11.5 Å². The van der Waals surface area contributed by atoms with Crippen LogP contribution in [0, 0.1) is 0 Å². The summed E-state index contributed by atoms with van der Waals surface area (Å²) in [6.45, 7) is -0.342. The zero-order valence-electron chi connectivity index (χ0n) is 19.8. The normalized spacial score (nSPS) is 16.7. The third kappa shape index (κ3) is 6.01. The molecular weight excluding hydrogens is 510 g/mol. The molecule has 2 aliphatic rings. The first-order valence-corrected chi connectivity index (χ1v) is 12.4. The van der Waals surface area contributed by atoms with E-state index in [0.29, 0.717) is 33.6 Å². The number of aliphatic imine (C=N–C) groups is 1. The lowest BCUT2D eigenvalue weighted by molar-refractivity contribution is -0.122. The van der Waals surface area contributed by atoms with Crippen molar-refractivity contribution in [3.63, 3.8) is 0 Å². The number of benzene rings is 3. The number of nitrogens with one attached hydrogen (secondary N) is 2. The number of para-hydroxylation sites is 1. The van der Waals surface area contributed by atoms with Crippen LogP contribution in [0.3, 0.4) is 0 Å². The minimum Gasteiger partial charge on any atom is -0.454 e. The molecule has 11 heteroatoms. The SMILES string of the molecule is O=C(C[C@@H]1SC(=Nc2ccccc2)NC1=O)Nc1ccc(C(=O)OCC(=O)c2ccc3c(c2)OCO3)cc1. The molecule has 38 heavy (non-hydrogen) atoms. The molecule has 0 aromatic heterocycles. The van der Waals surface area contributed by atoms with Crippen LogP contribution < -0.4 is 20.1 Å². The van der Waals surface area contributed by atoms with Crippen LogP contribution in [-0.2, 0) is 14.3 Å². The van der Waals surface area contributed by atoms with Crippen molar-refractivity contribution in [2.24, 2.45) is 4.99 Å². The molecule has 0 radical (unpaired) electrons. The summed E-state index contributed by atoms with van der Waals surface area (Å²) in [7, 11) is 0. The Kier molecular flexibility index (Phi) is 7.36. The lowest BCUT2D eigenvalue weighted by atomic mass is 10.1. The van der Waals surface area contributed by atoms with Gasteiger partial charge in [0.2, 0.25) is 18.6 Å². The van der Waals surface area contributed by atoms with E-state index in [1.54, 1.807) is 18.2 Å². The molecule has 2 aliphatic heterocycles. The molecule has 2 N–H and O–H groups in total. The largest absolute Gasteiger partial charge is 0.454 e. The number of rotatable bonds is 8. The first-order chi connectivity index (χ1) is 18.4. The number of esters is 1. The van der Waals surface area contributed by atoms with Crippen molar-refractivity contribution < 1.29 is 33.4 Å². The molecule has 0 unspecified atom stereocenters. The maximum atomic E-state index is 12.5. The van der Waals surface area contributed by atoms with E-state index in [2.05, 4.69) is 15.6 Å². The molecule has 1 saturated heterocycles. The Balaban J connectivity index is 1.10. The Bertz CT molecular complexity index is 1420. The van der Waals surface area contributed by atoms with Gasteiger partial charge in [0.05, 0.1) is 11.3 Å². The van der Waals surface area contributed by atoms with Crippen molar-refractivity contribution in [2.45, 2.75) is 11.7 Å². The van der Waals surface area contributed by atoms with Gasteiger partial charge in [0.15, 0.2) is 29.1 Å². The molecule has 2 heterocycles. The molecule has 0 aliphatic carbocycles. The minimum atomic E-state index is -0.679. The number of ketones is 1. The average Bonchev–Trinajstić information content (AvgIpc) is 3.53. The summed E-state index contributed by atoms with van der Waals surface area (Å²) in [4.78, 5) is 53.9. The minimum absolute atomic E-state index is 0.0456. The average molecular weight is 532 g/mol. The highest BCUT2D eigenvalue weighted by molar-refractivity contribution is 8.15. The van der Waals surface area contributed by atoms with Crippen molar-refractivity contribution in [1.29, 1.82) is 0 Å². The number of nitrogens with zero attached hydrogens (tertiary/aromatic N) is 1. The first kappa shape index (κ1) is 25.0. The number of hydrogen-bond donors (Lipinski definition) is 2. The Morgan fingerprint density at radius 3 is 2.50 bits per heavy atom. The fourth-order valence-corrected chi connectivity index (χ4v) is 4.64. The van der Waals surface area contributed by atoms with Crippen LogP contribution in [-0.4, -0.2) is 47.4 Å². The van der Waals surface area contributed by atoms with Crippen molar-refractivity contribution in [2.75, 3.05) is 18.7 Å². The zero-order chi connectivity index (χ0) is 26.5. The second-order valence-corrected chi connectivity index (χ2v) is 9.44. The highest BCUT2D eigenvalue weighted by Crippen LogP contribution is 2.32. The number of amidine groups is 1. The summed E-state index contributed by atoms with van der Waals surface area (Å²) in [5.41, 5.74) is 1.71. The van der Waals surface area contributed by atoms with Crippen LogP contribution in [0.4, 0.5) is 11.4 Å². The summed E-state index contributed by atoms with van der Waals surface area (Å²) in [6, 6.07) is 20.0. The molecule has 1 atom stereocenters. The summed E-state index contributed by atoms with van der Waals surface area (Å²) >= 11 is 1.20. The number of hydrogen-bond acceptors (Lipinski definition) is 9. The predicted octanol–water partition coefficient (Wildman–Crippen LogP) is 3.70. The highest BCUT2D eigenvalue weighted by Gasteiger charge is 2.32. The number of carbonyl (C=O) groups is 4. The lowest BCUT2D eigenvalue weighted by Crippen LogP contribution is -2.28. The van der Waals surface area contributed by atoms with E-state index in [1.807, 2.05) is 30.3 Å². The molecule has 10 nitrogen and oxygen atoms in total. The number of amides is 2. The predicted molar refractivity (Wildman–Crippen MR) is 140 cm³/mol. The topological polar surface area (TPSA) is 132 Å². The van der Waals surface area contributed by atoms with Gasteiger partial charge in [-0.2, -0.15) is 0 Å². The van der Waals surface area contributed by atoms with Gasteiger partial charge < -0.3 is 24.8 Å². The lowest BCUT2D eigenvalue weighted by Gasteiger charge is -2.09. The fraction of sp³-hybridized carbons (Fsp3) is 0.148. The molecule has 2 amide bonds. The summed E-state index contributed by atoms with van der Waals surface area (Å²) in [5, 5.41) is 5.24. The van der Waals surface area contributed by atoms with Gasteiger partial charge in [0, 0.05) is 17.7 Å². The van der Waals surface area contributed by atoms with E-state index < -0.39 is 17.8 Å². The molecule has 0 bridgehead atoms. The number of ether oxygens (including phenoxy) is 3. The van der Waals surface area contributed by atoms with Crippen molar-refractivity contribution in [3.05, 3.63) is 83.9 Å². The van der Waals surface area contributed by atoms with E-state index in [9.17, 15) is 19.2 Å². The molecule has 0 spiro atoms. The molecular formula is C27H21N3O7S. The molecule has 3 aromatic rings. The maximum absolute atomic E-state index is 12.5. The van der Waals surface area contributed by atoms with E-state index in [-0.39, 0.29) is 36.4 Å². The van der Waals surface area contributed by atoms with Crippen LogP contribution in [0.1, 0.15) is 27.1 Å². The van der Waals surface area contributed by atoms with Gasteiger partial charge in [0.25, 0.3) is 0 Å². The van der Waals surface area contributed by atoms with Crippen molar-refractivity contribution in [1.82, 2.24) is 5.32 Å². The van der Waals surface area contributed by atoms with Crippen molar-refractivity contribution >= 4 is 51.9 Å². The van der Waals surface area contributed by atoms with E-state index in [4.69, 9.17) is 14.2 Å². The number of thioether (sulfide) groups is 1. The third-order valence-corrected chi connectivity index (χ3v) is 6.65. The van der Waals surface area contributed by atoms with Crippen LogP contribution in [0.15, 0.2) is 77.8 Å². The smallest absolute Gasteiger partial charge is 0.338 e. The highest BCUT2D eigenvalue weighted by atomic mass is 32.2. The van der Waals surface area contributed by atoms with Gasteiger partial charge in [-0.05, 0) is 54.6 Å². The molecule has 192 valence electrons. The monoisotopic (exact) mass is 531 g/mol. The molecule has 0 saturated carbocycles. The van der Waals surface area contributed by atoms with E-state index in [0.717, 1.165) is 0 Å². The van der Waals surface area contributed by atoms with Gasteiger partial charge in [-0.25, -0.2) is 9.79 Å².